The molecule has 2 N–H and O–H groups in total. The number of likely N-dealkylation sites (tertiary alicyclic amines) is 1. The molecular formula is C14H22N2O. The summed E-state index contributed by atoms with van der Waals surface area (Å²) >= 11 is 0. The summed E-state index contributed by atoms with van der Waals surface area (Å²) in [5.74, 6) is 1.75. The maximum Gasteiger partial charge on any atom is 0.123 e. The monoisotopic (exact) mass is 234 g/mol. The molecule has 1 aliphatic heterocycles. The fourth-order valence-corrected chi connectivity index (χ4v) is 2.48. The van der Waals surface area contributed by atoms with Gasteiger partial charge in [0.25, 0.3) is 0 Å². The lowest BCUT2D eigenvalue weighted by Crippen LogP contribution is -2.19. The Morgan fingerprint density at radius 3 is 2.88 bits per heavy atom. The Bertz CT molecular complexity index is 378. The second-order valence-electron chi connectivity index (χ2n) is 4.98. The summed E-state index contributed by atoms with van der Waals surface area (Å²) in [7, 11) is 1.70. The summed E-state index contributed by atoms with van der Waals surface area (Å²) in [4.78, 5) is 2.50. The van der Waals surface area contributed by atoms with Gasteiger partial charge >= 0.3 is 0 Å². The van der Waals surface area contributed by atoms with Crippen molar-refractivity contribution < 1.29 is 4.74 Å². The highest BCUT2D eigenvalue weighted by Crippen LogP contribution is 2.23. The van der Waals surface area contributed by atoms with Crippen molar-refractivity contribution in [3.05, 3.63) is 29.3 Å². The van der Waals surface area contributed by atoms with Crippen LogP contribution in [0.15, 0.2) is 18.2 Å². The molecule has 94 valence electrons. The summed E-state index contributed by atoms with van der Waals surface area (Å²) < 4.78 is 5.36. The lowest BCUT2D eigenvalue weighted by Gasteiger charge is -2.16. The normalized spacial score (nSPS) is 20.8. The molecule has 1 atom stereocenters. The molecule has 0 aromatic heterocycles. The molecule has 2 rings (SSSR count). The molecule has 1 unspecified atom stereocenters. The van der Waals surface area contributed by atoms with Gasteiger partial charge < -0.3 is 10.5 Å². The molecule has 0 aliphatic carbocycles. The number of rotatable bonds is 4. The molecule has 0 amide bonds. The van der Waals surface area contributed by atoms with E-state index in [1.165, 1.54) is 25.1 Å². The van der Waals surface area contributed by atoms with E-state index in [-0.39, 0.29) is 0 Å². The van der Waals surface area contributed by atoms with Gasteiger partial charge in [0.15, 0.2) is 0 Å². The SMILES string of the molecule is COc1cc(CN2CCC(C)C2)ccc1CN. The number of hydrogen-bond donors (Lipinski definition) is 1. The summed E-state index contributed by atoms with van der Waals surface area (Å²) in [5, 5.41) is 0. The van der Waals surface area contributed by atoms with E-state index in [0.29, 0.717) is 6.54 Å². The van der Waals surface area contributed by atoms with E-state index in [1.54, 1.807) is 7.11 Å². The fraction of sp³-hybridized carbons (Fsp3) is 0.571. The van der Waals surface area contributed by atoms with E-state index < -0.39 is 0 Å². The van der Waals surface area contributed by atoms with Gasteiger partial charge in [-0.2, -0.15) is 0 Å². The van der Waals surface area contributed by atoms with Gasteiger partial charge in [0.1, 0.15) is 5.75 Å². The maximum atomic E-state index is 5.67. The first-order chi connectivity index (χ1) is 8.22. The lowest BCUT2D eigenvalue weighted by atomic mass is 10.1. The molecule has 0 spiro atoms. The Morgan fingerprint density at radius 1 is 1.47 bits per heavy atom. The third-order valence-electron chi connectivity index (χ3n) is 3.49. The topological polar surface area (TPSA) is 38.5 Å². The number of ether oxygens (including phenoxy) is 1. The van der Waals surface area contributed by atoms with Crippen LogP contribution in [0.25, 0.3) is 0 Å². The fourth-order valence-electron chi connectivity index (χ4n) is 2.48. The summed E-state index contributed by atoms with van der Waals surface area (Å²) in [6.45, 7) is 6.29. The number of nitrogens with two attached hydrogens (primary N) is 1. The zero-order valence-corrected chi connectivity index (χ0v) is 10.8. The van der Waals surface area contributed by atoms with Crippen molar-refractivity contribution >= 4 is 0 Å². The standard InChI is InChI=1S/C14H22N2O/c1-11-5-6-16(9-11)10-12-3-4-13(8-15)14(7-12)17-2/h3-4,7,11H,5-6,8-10,15H2,1-2H3. The van der Waals surface area contributed by atoms with E-state index in [4.69, 9.17) is 10.5 Å². The Hall–Kier alpha value is -1.06. The van der Waals surface area contributed by atoms with Crippen LogP contribution in [0.2, 0.25) is 0 Å². The largest absolute Gasteiger partial charge is 0.496 e. The molecule has 0 radical (unpaired) electrons. The van der Waals surface area contributed by atoms with E-state index >= 15 is 0 Å². The van der Waals surface area contributed by atoms with Gasteiger partial charge in [0.05, 0.1) is 7.11 Å². The molecule has 0 saturated carbocycles. The van der Waals surface area contributed by atoms with Crippen LogP contribution < -0.4 is 10.5 Å². The molecule has 17 heavy (non-hydrogen) atoms. The molecule has 3 heteroatoms. The van der Waals surface area contributed by atoms with Gasteiger partial charge in [-0.25, -0.2) is 0 Å². The Balaban J connectivity index is 2.06. The van der Waals surface area contributed by atoms with Gasteiger partial charge in [0, 0.05) is 25.2 Å². The molecule has 0 bridgehead atoms. The Labute approximate surface area is 104 Å². The molecule has 1 aromatic carbocycles. The molecule has 1 aliphatic rings. The average Bonchev–Trinajstić information content (AvgIpc) is 2.74. The predicted molar refractivity (Wildman–Crippen MR) is 69.9 cm³/mol. The zero-order chi connectivity index (χ0) is 12.3. The first-order valence-electron chi connectivity index (χ1n) is 6.31. The molecular weight excluding hydrogens is 212 g/mol. The maximum absolute atomic E-state index is 5.67. The van der Waals surface area contributed by atoms with Crippen molar-refractivity contribution in [2.75, 3.05) is 20.2 Å². The first-order valence-corrected chi connectivity index (χ1v) is 6.31. The minimum absolute atomic E-state index is 0.532. The van der Waals surface area contributed by atoms with E-state index in [1.807, 2.05) is 0 Å². The Kier molecular flexibility index (Phi) is 4.02. The quantitative estimate of drug-likeness (QED) is 0.866. The zero-order valence-electron chi connectivity index (χ0n) is 10.8. The van der Waals surface area contributed by atoms with Crippen LogP contribution in [0.5, 0.6) is 5.75 Å². The molecule has 3 nitrogen and oxygen atoms in total. The van der Waals surface area contributed by atoms with Gasteiger partial charge in [-0.3, -0.25) is 4.90 Å². The van der Waals surface area contributed by atoms with E-state index in [2.05, 4.69) is 30.0 Å². The second-order valence-corrected chi connectivity index (χ2v) is 4.98. The number of benzene rings is 1. The van der Waals surface area contributed by atoms with Crippen LogP contribution in [0, 0.1) is 5.92 Å². The van der Waals surface area contributed by atoms with Crippen LogP contribution in [0.1, 0.15) is 24.5 Å². The third-order valence-corrected chi connectivity index (χ3v) is 3.49. The smallest absolute Gasteiger partial charge is 0.123 e. The van der Waals surface area contributed by atoms with Gasteiger partial charge in [-0.05, 0) is 30.5 Å². The first kappa shape index (κ1) is 12.4. The highest BCUT2D eigenvalue weighted by molar-refractivity contribution is 5.37. The predicted octanol–water partition coefficient (Wildman–Crippen LogP) is 2.00. The van der Waals surface area contributed by atoms with Crippen molar-refractivity contribution in [3.8, 4) is 5.75 Å². The van der Waals surface area contributed by atoms with Crippen LogP contribution in [0.3, 0.4) is 0 Å². The Morgan fingerprint density at radius 2 is 2.29 bits per heavy atom. The van der Waals surface area contributed by atoms with E-state index in [0.717, 1.165) is 23.8 Å². The van der Waals surface area contributed by atoms with Crippen molar-refractivity contribution in [1.82, 2.24) is 4.90 Å². The average molecular weight is 234 g/mol. The molecule has 1 heterocycles. The van der Waals surface area contributed by atoms with Crippen molar-refractivity contribution in [3.63, 3.8) is 0 Å². The number of nitrogens with zero attached hydrogens (tertiary/aromatic N) is 1. The molecule has 1 saturated heterocycles. The van der Waals surface area contributed by atoms with Crippen LogP contribution >= 0.6 is 0 Å². The number of hydrogen-bond acceptors (Lipinski definition) is 3. The van der Waals surface area contributed by atoms with Crippen molar-refractivity contribution in [2.45, 2.75) is 26.4 Å². The van der Waals surface area contributed by atoms with Gasteiger partial charge in [0.2, 0.25) is 0 Å². The third kappa shape index (κ3) is 2.99. The lowest BCUT2D eigenvalue weighted by molar-refractivity contribution is 0.319. The molecule has 1 fully saturated rings. The highest BCUT2D eigenvalue weighted by Gasteiger charge is 2.18. The summed E-state index contributed by atoms with van der Waals surface area (Å²) in [6.07, 6.45) is 1.32. The minimum atomic E-state index is 0.532. The summed E-state index contributed by atoms with van der Waals surface area (Å²) in [6, 6.07) is 6.35. The van der Waals surface area contributed by atoms with Crippen LogP contribution in [0.4, 0.5) is 0 Å². The number of methoxy groups -OCH3 is 1. The van der Waals surface area contributed by atoms with Crippen LogP contribution in [-0.2, 0) is 13.1 Å². The molecule has 1 aromatic rings. The van der Waals surface area contributed by atoms with Crippen molar-refractivity contribution in [1.29, 1.82) is 0 Å². The van der Waals surface area contributed by atoms with E-state index in [9.17, 15) is 0 Å². The van der Waals surface area contributed by atoms with Crippen molar-refractivity contribution in [2.24, 2.45) is 11.7 Å². The van der Waals surface area contributed by atoms with Gasteiger partial charge in [-0.15, -0.1) is 0 Å². The van der Waals surface area contributed by atoms with Gasteiger partial charge in [-0.1, -0.05) is 19.1 Å². The minimum Gasteiger partial charge on any atom is -0.496 e. The second kappa shape index (κ2) is 5.52. The summed E-state index contributed by atoms with van der Waals surface area (Å²) in [5.41, 5.74) is 8.06. The highest BCUT2D eigenvalue weighted by atomic mass is 16.5. The van der Waals surface area contributed by atoms with Crippen LogP contribution in [-0.4, -0.2) is 25.1 Å².